The number of nitrogens with one attached hydrogen (secondary N) is 5. The summed E-state index contributed by atoms with van der Waals surface area (Å²) in [6.07, 6.45) is -4.24. The second kappa shape index (κ2) is 43.8. The maximum Gasteiger partial charge on any atom is 0.326 e. The molecule has 0 spiro atoms. The van der Waals surface area contributed by atoms with Gasteiger partial charge in [-0.2, -0.15) is 0 Å². The summed E-state index contributed by atoms with van der Waals surface area (Å²) in [6, 6.07) is -0.401. The highest BCUT2D eigenvalue weighted by atomic mass is 28.4. The minimum absolute atomic E-state index is 0.0109. The minimum Gasteiger partial charge on any atom is -0.481 e. The first kappa shape index (κ1) is 89.2. The zero-order valence-electron chi connectivity index (χ0n) is 58.7. The van der Waals surface area contributed by atoms with E-state index in [1.54, 1.807) is 41.5 Å². The molecule has 0 unspecified atom stereocenters. The number of aliphatic carboxylic acids is 9. The predicted octanol–water partition coefficient (Wildman–Crippen LogP) is 1.06. The molecule has 1 saturated heterocycles. The highest BCUT2D eigenvalue weighted by Gasteiger charge is 2.56. The summed E-state index contributed by atoms with van der Waals surface area (Å²) < 4.78 is 17.2. The van der Waals surface area contributed by atoms with Crippen molar-refractivity contribution in [2.75, 3.05) is 85.1 Å². The van der Waals surface area contributed by atoms with Gasteiger partial charge in [0, 0.05) is 122 Å². The van der Waals surface area contributed by atoms with Crippen molar-refractivity contribution in [2.24, 2.45) is 11.8 Å². The topological polar surface area (TPSA) is 528 Å². The van der Waals surface area contributed by atoms with Crippen molar-refractivity contribution in [2.45, 2.75) is 185 Å². The molecule has 6 atom stereocenters. The molecule has 1 aromatic rings. The summed E-state index contributed by atoms with van der Waals surface area (Å²) in [5, 5.41) is 98.2. The van der Waals surface area contributed by atoms with E-state index in [-0.39, 0.29) is 141 Å². The minimum atomic E-state index is -3.81. The second-order valence-electron chi connectivity index (χ2n) is 27.5. The van der Waals surface area contributed by atoms with Gasteiger partial charge in [-0.05, 0) is 78.8 Å². The number of rotatable bonds is 46. The summed E-state index contributed by atoms with van der Waals surface area (Å²) in [5.41, 5.74) is -0.0282. The van der Waals surface area contributed by atoms with Gasteiger partial charge < -0.3 is 76.7 Å². The van der Waals surface area contributed by atoms with Crippen LogP contribution in [0.3, 0.4) is 0 Å². The Labute approximate surface area is 591 Å². The number of carboxylic acids is 9. The van der Waals surface area contributed by atoms with Crippen molar-refractivity contribution in [3.8, 4) is 0 Å². The van der Waals surface area contributed by atoms with E-state index in [0.717, 1.165) is 0 Å². The fraction of sp³-hybridized carbons (Fsp3) is 0.667. The highest BCUT2D eigenvalue weighted by molar-refractivity contribution is 6.90. The Morgan fingerprint density at radius 3 is 1.31 bits per heavy atom. The molecule has 1 aliphatic rings. The van der Waals surface area contributed by atoms with Crippen molar-refractivity contribution in [1.29, 1.82) is 0 Å². The predicted molar refractivity (Wildman–Crippen MR) is 362 cm³/mol. The standard InChI is InChI=1S/C66H102FN9O25Si/c1-65(2,3)102(67,66(4,5)6)46-19-14-41(15-20-46)58(90)72-49(37-69-52(80)24-21-50(64(100)101)76-33-31-74(39-56(86)87)29-27-73(38-55(84)85)28-30-75(32-34-76)40-57(88)89)59(91)71-48(63(98)99)13-9-10-26-68-51(79)23-18-44(77)11-7-8-12-47(62(96)97)70-53(81)22-16-42(60(92)93)35-45(78)36-43(61(94)95)17-25-54(82)83/h14-15,19-20,42-43,47-50H,7-13,16-18,21-40H2,1-6H3,(H,68,79)(H,69,80)(H,70,81)(H,71,91)(H,72,90)(H,82,83)(H,84,85)(H,86,87)(H,88,89)(H,92,93)(H,94,95)(H,96,97)(H,98,99)(H,100,101)/t42-,43-,47-,48+,49+,50+/m1/s1. The molecule has 14 N–H and O–H groups in total. The van der Waals surface area contributed by atoms with Crippen molar-refractivity contribution >= 4 is 108 Å². The van der Waals surface area contributed by atoms with Crippen LogP contribution in [0.15, 0.2) is 24.3 Å². The zero-order valence-corrected chi connectivity index (χ0v) is 59.7. The van der Waals surface area contributed by atoms with Crippen LogP contribution in [0.2, 0.25) is 10.1 Å². The first-order valence-corrected chi connectivity index (χ1v) is 35.6. The zero-order chi connectivity index (χ0) is 77.2. The second-order valence-corrected chi connectivity index (χ2v) is 32.4. The lowest BCUT2D eigenvalue weighted by atomic mass is 9.90. The maximum atomic E-state index is 17.2. The molecular weight excluding hydrogens is 1370 g/mol. The van der Waals surface area contributed by atoms with Crippen molar-refractivity contribution in [3.05, 3.63) is 29.8 Å². The number of unbranched alkanes of at least 4 members (excludes halogenated alkanes) is 2. The molecule has 5 amide bonds. The lowest BCUT2D eigenvalue weighted by Crippen LogP contribution is -2.58. The van der Waals surface area contributed by atoms with Gasteiger partial charge in [0.1, 0.15) is 35.7 Å². The van der Waals surface area contributed by atoms with Crippen LogP contribution >= 0.6 is 0 Å². The van der Waals surface area contributed by atoms with E-state index in [1.165, 1.54) is 43.9 Å². The van der Waals surface area contributed by atoms with Gasteiger partial charge in [0.2, 0.25) is 23.6 Å². The molecule has 2 rings (SSSR count). The Bertz CT molecular complexity index is 3040. The molecule has 0 radical (unpaired) electrons. The van der Waals surface area contributed by atoms with Crippen molar-refractivity contribution in [1.82, 2.24) is 46.2 Å². The van der Waals surface area contributed by atoms with E-state index in [9.17, 15) is 118 Å². The van der Waals surface area contributed by atoms with E-state index in [4.69, 9.17) is 5.11 Å². The Hall–Kier alpha value is -8.87. The Morgan fingerprint density at radius 1 is 0.431 bits per heavy atom. The molecule has 34 nitrogen and oxygen atoms in total. The number of ketones is 2. The highest BCUT2D eigenvalue weighted by Crippen LogP contribution is 2.51. The SMILES string of the molecule is CC(C)(C)[Si](F)(c1ccc(C(=O)N[C@@H](CNC(=O)CC[C@@H](C(=O)O)N2CCN(CC(=O)O)CCN(CC(=O)O)CCN(CC(=O)O)CC2)C(=O)N[C@@H](CCCCNC(=O)CCC(=O)CCCC[C@@H](NC(=O)CC[C@H](CC(=O)C[C@@H](CCC(=O)O)C(=O)O)C(=O)O)C(=O)O)C(=O)O)cc1)C(C)(C)C. The van der Waals surface area contributed by atoms with Gasteiger partial charge >= 0.3 is 53.7 Å². The molecule has 0 saturated carbocycles. The van der Waals surface area contributed by atoms with Crippen molar-refractivity contribution in [3.63, 3.8) is 0 Å². The number of nitrogens with zero attached hydrogens (tertiary/aromatic N) is 4. The Balaban J connectivity index is 2.13. The maximum absolute atomic E-state index is 17.2. The Morgan fingerprint density at radius 2 is 0.873 bits per heavy atom. The third-order valence-corrected chi connectivity index (χ3v) is 22.7. The molecule has 0 bridgehead atoms. The van der Waals surface area contributed by atoms with Crippen LogP contribution in [-0.4, -0.2) is 278 Å². The lowest BCUT2D eigenvalue weighted by Gasteiger charge is -2.44. The van der Waals surface area contributed by atoms with E-state index < -0.39 is 208 Å². The molecule has 36 heteroatoms. The first-order valence-electron chi connectivity index (χ1n) is 33.7. The molecule has 102 heavy (non-hydrogen) atoms. The van der Waals surface area contributed by atoms with E-state index in [1.807, 2.05) is 0 Å². The van der Waals surface area contributed by atoms with Gasteiger partial charge in [0.15, 0.2) is 0 Å². The van der Waals surface area contributed by atoms with E-state index in [2.05, 4.69) is 26.6 Å². The number of carbonyl (C=O) groups is 16. The molecule has 1 fully saturated rings. The molecule has 1 heterocycles. The largest absolute Gasteiger partial charge is 0.481 e. The fourth-order valence-electron chi connectivity index (χ4n) is 12.0. The normalized spacial score (nSPS) is 15.8. The van der Waals surface area contributed by atoms with Gasteiger partial charge in [-0.25, -0.2) is 9.59 Å². The monoisotopic (exact) mass is 1470 g/mol. The fourth-order valence-corrected chi connectivity index (χ4v) is 16.6. The molecule has 0 aromatic heterocycles. The van der Waals surface area contributed by atoms with Crippen LogP contribution in [0.1, 0.15) is 161 Å². The molecule has 1 aromatic carbocycles. The number of halogens is 1. The number of carbonyl (C=O) groups excluding carboxylic acids is 7. The van der Waals surface area contributed by atoms with Gasteiger partial charge in [-0.15, -0.1) is 0 Å². The molecule has 0 aliphatic carbocycles. The Kier molecular flexibility index (Phi) is 38.3. The van der Waals surface area contributed by atoms with E-state index in [0.29, 0.717) is 5.19 Å². The average molecular weight is 1470 g/mol. The smallest absolute Gasteiger partial charge is 0.326 e. The van der Waals surface area contributed by atoms with Gasteiger partial charge in [0.05, 0.1) is 31.5 Å². The summed E-state index contributed by atoms with van der Waals surface area (Å²) in [4.78, 5) is 205. The number of hydrogen-bond donors (Lipinski definition) is 14. The summed E-state index contributed by atoms with van der Waals surface area (Å²) in [5.74, 6) is -20.1. The van der Waals surface area contributed by atoms with Gasteiger partial charge in [-0.1, -0.05) is 60.1 Å². The summed E-state index contributed by atoms with van der Waals surface area (Å²) in [7, 11) is -3.81. The lowest BCUT2D eigenvalue weighted by molar-refractivity contribution is -0.147. The quantitative estimate of drug-likeness (QED) is 0.0246. The number of hydrogen-bond acceptors (Lipinski definition) is 20. The number of Topliss-reactive ketones (excluding diaryl/α,β-unsaturated/α-hetero) is 2. The van der Waals surface area contributed by atoms with E-state index >= 15 is 4.11 Å². The molecular formula is C66H102FN9O25Si. The first-order chi connectivity index (χ1) is 47.5. The van der Waals surface area contributed by atoms with Crippen LogP contribution in [0.5, 0.6) is 0 Å². The van der Waals surface area contributed by atoms with Crippen LogP contribution in [0, 0.1) is 11.8 Å². The third-order valence-electron chi connectivity index (χ3n) is 17.4. The summed E-state index contributed by atoms with van der Waals surface area (Å²) in [6.45, 7) is 8.74. The van der Waals surface area contributed by atoms with Gasteiger partial charge in [0.25, 0.3) is 14.3 Å². The van der Waals surface area contributed by atoms with Crippen LogP contribution < -0.4 is 31.8 Å². The van der Waals surface area contributed by atoms with Crippen LogP contribution in [0.4, 0.5) is 4.11 Å². The number of benzene rings is 1. The summed E-state index contributed by atoms with van der Waals surface area (Å²) >= 11 is 0. The average Bonchev–Trinajstić information content (AvgIpc) is 0.748. The van der Waals surface area contributed by atoms with Crippen LogP contribution in [-0.2, 0) is 71.9 Å². The molecule has 1 aliphatic heterocycles. The number of amides is 5. The van der Waals surface area contributed by atoms with Gasteiger partial charge in [-0.3, -0.25) is 86.7 Å². The third kappa shape index (κ3) is 33.3. The van der Waals surface area contributed by atoms with Crippen LogP contribution in [0.25, 0.3) is 0 Å². The molecule has 572 valence electrons. The van der Waals surface area contributed by atoms with Crippen molar-refractivity contribution < 1.29 is 127 Å². The number of carboxylic acid groups (broad SMARTS) is 9.